The molecule has 1 aromatic carbocycles. The Morgan fingerprint density at radius 1 is 1.38 bits per heavy atom. The molecule has 1 saturated heterocycles. The predicted octanol–water partition coefficient (Wildman–Crippen LogP) is 1.89. The number of nitriles is 1. The Morgan fingerprint density at radius 2 is 2.05 bits per heavy atom. The SMILES string of the molecule is COC1(C)CCCN(S(=O)(=O)Cc2ccc(C#N)cc2)C1. The van der Waals surface area contributed by atoms with Crippen LogP contribution in [0.2, 0.25) is 0 Å². The first-order chi connectivity index (χ1) is 9.88. The van der Waals surface area contributed by atoms with Crippen molar-refractivity contribution in [1.29, 1.82) is 5.26 Å². The average Bonchev–Trinajstić information content (AvgIpc) is 2.48. The lowest BCUT2D eigenvalue weighted by atomic mass is 9.96. The number of methoxy groups -OCH3 is 1. The summed E-state index contributed by atoms with van der Waals surface area (Å²) in [6.45, 7) is 2.87. The van der Waals surface area contributed by atoms with Crippen LogP contribution in [-0.4, -0.2) is 38.5 Å². The zero-order valence-electron chi connectivity index (χ0n) is 12.4. The van der Waals surface area contributed by atoms with Gasteiger partial charge in [-0.05, 0) is 37.5 Å². The number of hydrogen-bond acceptors (Lipinski definition) is 4. The lowest BCUT2D eigenvalue weighted by Crippen LogP contribution is -2.49. The second-order valence-electron chi connectivity index (χ2n) is 5.66. The second kappa shape index (κ2) is 6.14. The molecule has 0 bridgehead atoms. The third kappa shape index (κ3) is 3.82. The first-order valence-electron chi connectivity index (χ1n) is 6.91. The maximum Gasteiger partial charge on any atom is 0.218 e. The summed E-state index contributed by atoms with van der Waals surface area (Å²) in [5.74, 6) is -0.0432. The third-order valence-corrected chi connectivity index (χ3v) is 5.74. The molecule has 0 N–H and O–H groups in total. The van der Waals surface area contributed by atoms with Crippen molar-refractivity contribution in [2.24, 2.45) is 0 Å². The summed E-state index contributed by atoms with van der Waals surface area (Å²) in [7, 11) is -1.74. The lowest BCUT2D eigenvalue weighted by molar-refractivity contribution is -0.0319. The van der Waals surface area contributed by atoms with Crippen LogP contribution in [0.5, 0.6) is 0 Å². The molecule has 1 fully saturated rings. The first-order valence-corrected chi connectivity index (χ1v) is 8.51. The summed E-state index contributed by atoms with van der Waals surface area (Å²) < 4.78 is 32.0. The largest absolute Gasteiger partial charge is 0.377 e. The van der Waals surface area contributed by atoms with Crippen molar-refractivity contribution in [3.63, 3.8) is 0 Å². The van der Waals surface area contributed by atoms with E-state index in [4.69, 9.17) is 10.00 Å². The molecule has 5 nitrogen and oxygen atoms in total. The molecule has 0 saturated carbocycles. The topological polar surface area (TPSA) is 70.4 Å². The zero-order chi connectivity index (χ0) is 15.5. The molecule has 2 rings (SSSR count). The van der Waals surface area contributed by atoms with E-state index in [1.807, 2.05) is 13.0 Å². The highest BCUT2D eigenvalue weighted by atomic mass is 32.2. The number of hydrogen-bond donors (Lipinski definition) is 0. The summed E-state index contributed by atoms with van der Waals surface area (Å²) in [6.07, 6.45) is 1.67. The molecule has 6 heteroatoms. The van der Waals surface area contributed by atoms with Crippen molar-refractivity contribution in [1.82, 2.24) is 4.31 Å². The summed E-state index contributed by atoms with van der Waals surface area (Å²) in [5, 5.41) is 8.76. The van der Waals surface area contributed by atoms with Gasteiger partial charge in [0, 0.05) is 20.2 Å². The van der Waals surface area contributed by atoms with Crippen molar-refractivity contribution >= 4 is 10.0 Å². The molecule has 0 aliphatic carbocycles. The van der Waals surface area contributed by atoms with Gasteiger partial charge < -0.3 is 4.74 Å². The Labute approximate surface area is 126 Å². The Kier molecular flexibility index (Phi) is 4.67. The predicted molar refractivity (Wildman–Crippen MR) is 80.0 cm³/mol. The molecule has 1 atom stereocenters. The van der Waals surface area contributed by atoms with Gasteiger partial charge in [-0.2, -0.15) is 9.57 Å². The molecular weight excluding hydrogens is 288 g/mol. The van der Waals surface area contributed by atoms with Gasteiger partial charge >= 0.3 is 0 Å². The minimum atomic E-state index is -3.37. The third-order valence-electron chi connectivity index (χ3n) is 3.94. The van der Waals surface area contributed by atoms with E-state index in [0.717, 1.165) is 12.8 Å². The van der Waals surface area contributed by atoms with Gasteiger partial charge in [0.15, 0.2) is 0 Å². The van der Waals surface area contributed by atoms with Crippen LogP contribution in [0.1, 0.15) is 30.9 Å². The van der Waals surface area contributed by atoms with E-state index in [1.54, 1.807) is 31.4 Å². The Bertz CT molecular complexity index is 634. The minimum Gasteiger partial charge on any atom is -0.377 e. The molecule has 0 spiro atoms. The van der Waals surface area contributed by atoms with Crippen molar-refractivity contribution < 1.29 is 13.2 Å². The van der Waals surface area contributed by atoms with Gasteiger partial charge in [0.25, 0.3) is 0 Å². The smallest absolute Gasteiger partial charge is 0.218 e. The molecule has 0 aromatic heterocycles. The van der Waals surface area contributed by atoms with E-state index < -0.39 is 15.6 Å². The van der Waals surface area contributed by atoms with Crippen molar-refractivity contribution in [3.05, 3.63) is 35.4 Å². The van der Waals surface area contributed by atoms with E-state index in [1.165, 1.54) is 4.31 Å². The highest BCUT2D eigenvalue weighted by Gasteiger charge is 2.36. The molecule has 1 aromatic rings. The summed E-state index contributed by atoms with van der Waals surface area (Å²) in [5.41, 5.74) is 0.815. The van der Waals surface area contributed by atoms with Crippen molar-refractivity contribution in [3.8, 4) is 6.07 Å². The maximum atomic E-state index is 12.5. The summed E-state index contributed by atoms with van der Waals surface area (Å²) in [4.78, 5) is 0. The number of benzene rings is 1. The molecule has 114 valence electrons. The normalized spacial score (nSPS) is 23.7. The summed E-state index contributed by atoms with van der Waals surface area (Å²) >= 11 is 0. The Balaban J connectivity index is 2.12. The van der Waals surface area contributed by atoms with Gasteiger partial charge in [-0.25, -0.2) is 8.42 Å². The minimum absolute atomic E-state index is 0.0432. The number of piperidine rings is 1. The standard InChI is InChI=1S/C15H20N2O3S/c1-15(20-2)8-3-9-17(12-15)21(18,19)11-14-6-4-13(10-16)5-7-14/h4-7H,3,8-9,11-12H2,1-2H3. The van der Waals surface area contributed by atoms with Gasteiger partial charge in [-0.15, -0.1) is 0 Å². The molecular formula is C15H20N2O3S. The van der Waals surface area contributed by atoms with Gasteiger partial charge in [0.05, 0.1) is 23.0 Å². The van der Waals surface area contributed by atoms with Crippen molar-refractivity contribution in [2.75, 3.05) is 20.2 Å². The van der Waals surface area contributed by atoms with Gasteiger partial charge in [0.2, 0.25) is 10.0 Å². The number of nitrogens with zero attached hydrogens (tertiary/aromatic N) is 2. The molecule has 0 radical (unpaired) electrons. The highest BCUT2D eigenvalue weighted by molar-refractivity contribution is 7.88. The molecule has 1 aliphatic rings. The van der Waals surface area contributed by atoms with Crippen LogP contribution < -0.4 is 0 Å². The Hall–Kier alpha value is -1.42. The first kappa shape index (κ1) is 16.0. The van der Waals surface area contributed by atoms with Crippen LogP contribution in [0, 0.1) is 11.3 Å². The van der Waals surface area contributed by atoms with Crippen LogP contribution in [0.25, 0.3) is 0 Å². The van der Waals surface area contributed by atoms with Crippen LogP contribution >= 0.6 is 0 Å². The van der Waals surface area contributed by atoms with Crippen LogP contribution in [0.4, 0.5) is 0 Å². The Morgan fingerprint density at radius 3 is 2.62 bits per heavy atom. The van der Waals surface area contributed by atoms with Gasteiger partial charge in [-0.3, -0.25) is 0 Å². The second-order valence-corrected chi connectivity index (χ2v) is 7.62. The van der Waals surface area contributed by atoms with Crippen LogP contribution in [-0.2, 0) is 20.5 Å². The monoisotopic (exact) mass is 308 g/mol. The van der Waals surface area contributed by atoms with Gasteiger partial charge in [0.1, 0.15) is 0 Å². The molecule has 1 heterocycles. The van der Waals surface area contributed by atoms with Gasteiger partial charge in [-0.1, -0.05) is 12.1 Å². The highest BCUT2D eigenvalue weighted by Crippen LogP contribution is 2.26. The van der Waals surface area contributed by atoms with E-state index in [9.17, 15) is 8.42 Å². The fourth-order valence-corrected chi connectivity index (χ4v) is 4.22. The molecule has 1 unspecified atom stereocenters. The van der Waals surface area contributed by atoms with E-state index in [-0.39, 0.29) is 5.75 Å². The van der Waals surface area contributed by atoms with E-state index in [2.05, 4.69) is 0 Å². The van der Waals surface area contributed by atoms with Crippen LogP contribution in [0.3, 0.4) is 0 Å². The number of sulfonamides is 1. The summed E-state index contributed by atoms with van der Waals surface area (Å²) in [6, 6.07) is 8.68. The average molecular weight is 308 g/mol. The molecule has 21 heavy (non-hydrogen) atoms. The van der Waals surface area contributed by atoms with E-state index >= 15 is 0 Å². The fraction of sp³-hybridized carbons (Fsp3) is 0.533. The fourth-order valence-electron chi connectivity index (χ4n) is 2.54. The van der Waals surface area contributed by atoms with Crippen molar-refractivity contribution in [2.45, 2.75) is 31.1 Å². The quantitative estimate of drug-likeness (QED) is 0.851. The van der Waals surface area contributed by atoms with E-state index in [0.29, 0.717) is 24.2 Å². The number of ether oxygens (including phenoxy) is 1. The molecule has 0 amide bonds. The molecule has 1 aliphatic heterocycles. The lowest BCUT2D eigenvalue weighted by Gasteiger charge is -2.38. The van der Waals surface area contributed by atoms with Crippen LogP contribution in [0.15, 0.2) is 24.3 Å². The zero-order valence-corrected chi connectivity index (χ0v) is 13.2. The maximum absolute atomic E-state index is 12.5. The number of rotatable bonds is 4.